The Morgan fingerprint density at radius 2 is 0.742 bits per heavy atom. The van der Waals surface area contributed by atoms with Crippen LogP contribution in [0, 0.1) is 0 Å². The summed E-state index contributed by atoms with van der Waals surface area (Å²) in [5, 5.41) is 87.5. The van der Waals surface area contributed by atoms with Gasteiger partial charge in [0.05, 0.1) is 32.0 Å². The Morgan fingerprint density at radius 1 is 0.404 bits per heavy atom. The third kappa shape index (κ3) is 43.7. The van der Waals surface area contributed by atoms with E-state index in [1.54, 1.807) is 6.08 Å². The van der Waals surface area contributed by atoms with Crippen LogP contribution < -0.4 is 5.32 Å². The van der Waals surface area contributed by atoms with Crippen LogP contribution in [0.15, 0.2) is 36.5 Å². The molecule has 1 amide bonds. The Kier molecular flexibility index (Phi) is 56.1. The smallest absolute Gasteiger partial charge is 0.220 e. The fourth-order valence-electron chi connectivity index (χ4n) is 12.6. The van der Waals surface area contributed by atoms with E-state index in [1.807, 2.05) is 6.08 Å². The molecule has 89 heavy (non-hydrogen) atoms. The topological polar surface area (TPSA) is 228 Å². The predicted molar refractivity (Wildman–Crippen MR) is 365 cm³/mol. The summed E-state index contributed by atoms with van der Waals surface area (Å²) in [6.07, 6.45) is 60.7. The van der Waals surface area contributed by atoms with Gasteiger partial charge in [-0.1, -0.05) is 320 Å². The van der Waals surface area contributed by atoms with E-state index in [0.717, 1.165) is 44.9 Å². The van der Waals surface area contributed by atoms with Crippen LogP contribution in [-0.4, -0.2) is 140 Å². The van der Waals surface area contributed by atoms with Gasteiger partial charge < -0.3 is 65.1 Å². The highest BCUT2D eigenvalue weighted by Gasteiger charge is 2.51. The average molecular weight is 1260 g/mol. The van der Waals surface area contributed by atoms with E-state index in [2.05, 4.69) is 43.5 Å². The molecule has 9 N–H and O–H groups in total. The van der Waals surface area contributed by atoms with Crippen LogP contribution in [0.4, 0.5) is 0 Å². The average Bonchev–Trinajstić information content (AvgIpc) is 3.62. The van der Waals surface area contributed by atoms with Gasteiger partial charge >= 0.3 is 0 Å². The normalized spacial score (nSPS) is 23.2. The molecule has 12 atom stereocenters. The number of hydrogen-bond acceptors (Lipinski definition) is 13. The summed E-state index contributed by atoms with van der Waals surface area (Å²) in [6.45, 7) is 2.84. The minimum atomic E-state index is -1.79. The van der Waals surface area contributed by atoms with E-state index in [4.69, 9.17) is 18.9 Å². The molecule has 524 valence electrons. The van der Waals surface area contributed by atoms with Crippen LogP contribution in [0.3, 0.4) is 0 Å². The molecule has 0 aromatic rings. The van der Waals surface area contributed by atoms with E-state index in [1.165, 1.54) is 270 Å². The zero-order valence-corrected chi connectivity index (χ0v) is 57.2. The minimum absolute atomic E-state index is 0.232. The fraction of sp³-hybridized carbons (Fsp3) is 0.907. The molecule has 2 fully saturated rings. The summed E-state index contributed by atoms with van der Waals surface area (Å²) in [6, 6.07) is -0.913. The lowest BCUT2D eigenvalue weighted by Gasteiger charge is -2.46. The number of carbonyl (C=O) groups excluding carboxylic acids is 1. The van der Waals surface area contributed by atoms with E-state index in [-0.39, 0.29) is 18.9 Å². The molecule has 0 radical (unpaired) electrons. The second kappa shape index (κ2) is 59.9. The molecule has 0 aromatic carbocycles. The lowest BCUT2D eigenvalue weighted by molar-refractivity contribution is -0.359. The van der Waals surface area contributed by atoms with Crippen molar-refractivity contribution in [2.24, 2.45) is 0 Å². The molecule has 14 heteroatoms. The number of rotatable bonds is 63. The van der Waals surface area contributed by atoms with Crippen molar-refractivity contribution in [3.63, 3.8) is 0 Å². The Morgan fingerprint density at radius 3 is 1.12 bits per heavy atom. The first-order valence-electron chi connectivity index (χ1n) is 37.7. The van der Waals surface area contributed by atoms with E-state index >= 15 is 0 Å². The molecule has 0 aliphatic carbocycles. The fourth-order valence-corrected chi connectivity index (χ4v) is 12.6. The summed E-state index contributed by atoms with van der Waals surface area (Å²) >= 11 is 0. The van der Waals surface area contributed by atoms with Crippen LogP contribution in [0.5, 0.6) is 0 Å². The number of hydrogen-bond donors (Lipinski definition) is 9. The molecule has 12 unspecified atom stereocenters. The molecule has 0 bridgehead atoms. The first kappa shape index (κ1) is 83.3. The third-order valence-corrected chi connectivity index (χ3v) is 18.6. The first-order valence-corrected chi connectivity index (χ1v) is 37.7. The number of unbranched alkanes of at least 4 members (excludes halogenated alkanes) is 46. The van der Waals surface area contributed by atoms with Crippen LogP contribution in [0.25, 0.3) is 0 Å². The van der Waals surface area contributed by atoms with Crippen molar-refractivity contribution >= 4 is 5.91 Å². The molecule has 14 nitrogen and oxygen atoms in total. The quantitative estimate of drug-likeness (QED) is 0.0204. The molecule has 2 aliphatic rings. The van der Waals surface area contributed by atoms with Crippen molar-refractivity contribution in [1.29, 1.82) is 0 Å². The summed E-state index contributed by atoms with van der Waals surface area (Å²) in [5.74, 6) is -0.232. The highest BCUT2D eigenvalue weighted by Crippen LogP contribution is 2.30. The van der Waals surface area contributed by atoms with Gasteiger partial charge in [-0.2, -0.15) is 0 Å². The maximum atomic E-state index is 13.4. The van der Waals surface area contributed by atoms with Crippen molar-refractivity contribution in [2.75, 3.05) is 19.8 Å². The Bertz CT molecular complexity index is 1630. The highest BCUT2D eigenvalue weighted by molar-refractivity contribution is 5.76. The molecule has 2 rings (SSSR count). The van der Waals surface area contributed by atoms with E-state index in [0.29, 0.717) is 6.42 Å². The Labute approximate surface area is 544 Å². The second-order valence-corrected chi connectivity index (χ2v) is 26.8. The second-order valence-electron chi connectivity index (χ2n) is 26.8. The van der Waals surface area contributed by atoms with Crippen molar-refractivity contribution in [1.82, 2.24) is 5.32 Å². The van der Waals surface area contributed by atoms with Gasteiger partial charge in [-0.15, -0.1) is 0 Å². The van der Waals surface area contributed by atoms with E-state index in [9.17, 15) is 45.6 Å². The molecular weight excluding hydrogens is 1120 g/mol. The number of allylic oxidation sites excluding steroid dienone is 5. The number of nitrogens with one attached hydrogen (secondary N) is 1. The monoisotopic (exact) mass is 1260 g/mol. The largest absolute Gasteiger partial charge is 0.394 e. The van der Waals surface area contributed by atoms with Crippen LogP contribution in [0.2, 0.25) is 0 Å². The van der Waals surface area contributed by atoms with Crippen LogP contribution >= 0.6 is 0 Å². The number of amides is 1. The Hall–Kier alpha value is -1.79. The van der Waals surface area contributed by atoms with E-state index < -0.39 is 86.8 Å². The van der Waals surface area contributed by atoms with Gasteiger partial charge in [0.2, 0.25) is 5.91 Å². The summed E-state index contributed by atoms with van der Waals surface area (Å²) in [4.78, 5) is 13.4. The van der Waals surface area contributed by atoms with Gasteiger partial charge in [-0.05, 0) is 51.4 Å². The van der Waals surface area contributed by atoms with Gasteiger partial charge in [-0.25, -0.2) is 0 Å². The first-order chi connectivity index (χ1) is 43.6. The number of carbonyl (C=O) groups is 1. The zero-order valence-electron chi connectivity index (χ0n) is 57.2. The maximum Gasteiger partial charge on any atom is 0.220 e. The lowest BCUT2D eigenvalue weighted by Crippen LogP contribution is -2.65. The van der Waals surface area contributed by atoms with Crippen molar-refractivity contribution in [3.05, 3.63) is 36.5 Å². The molecule has 0 spiro atoms. The van der Waals surface area contributed by atoms with Gasteiger partial charge in [0.1, 0.15) is 48.8 Å². The Balaban J connectivity index is 1.61. The third-order valence-electron chi connectivity index (χ3n) is 18.6. The SMILES string of the molecule is CCCCCCC/C=C\C/C=C\CCCCCCCCCCCCCCCCCCCCCCCCCC(=O)NC(COC1OC(CO)C(OC2OC(CO)C(O)C(O)C2O)C(O)C1O)C(O)/C=C/CCCCCCCCCCCCCCCCCCCC. The molecular formula is C75H141NO13. The van der Waals surface area contributed by atoms with Gasteiger partial charge in [0.25, 0.3) is 0 Å². The molecule has 0 saturated carbocycles. The standard InChI is InChI=1S/C75H141NO13/c1-3-5-7-9-11-13-15-17-19-21-23-25-26-27-28-29-30-31-32-33-34-35-36-37-38-39-41-43-45-47-49-51-53-55-57-59-67(80)76-63(64(79)58-56-54-52-50-48-46-44-42-40-24-22-20-18-16-14-12-10-8-6-4-2)62-86-74-72(85)70(83)73(66(61-78)88-74)89-75-71(84)69(82)68(81)65(60-77)87-75/h15,17,21,23,56,58,63-66,68-75,77-79,81-85H,3-14,16,18-20,22,24-55,57,59-62H2,1-2H3,(H,76,80)/b17-15-,23-21-,58-56+. The summed E-state index contributed by atoms with van der Waals surface area (Å²) in [7, 11) is 0. The number of ether oxygens (including phenoxy) is 4. The van der Waals surface area contributed by atoms with Gasteiger partial charge in [-0.3, -0.25) is 4.79 Å². The maximum absolute atomic E-state index is 13.4. The number of aliphatic hydroxyl groups is 8. The molecule has 2 heterocycles. The van der Waals surface area contributed by atoms with Crippen LogP contribution in [-0.2, 0) is 23.7 Å². The predicted octanol–water partition coefficient (Wildman–Crippen LogP) is 16.1. The summed E-state index contributed by atoms with van der Waals surface area (Å²) in [5.41, 5.74) is 0. The van der Waals surface area contributed by atoms with Crippen molar-refractivity contribution in [2.45, 2.75) is 415 Å². The number of aliphatic hydroxyl groups excluding tert-OH is 8. The van der Waals surface area contributed by atoms with Gasteiger partial charge in [0, 0.05) is 6.42 Å². The molecule has 2 saturated heterocycles. The minimum Gasteiger partial charge on any atom is -0.394 e. The summed E-state index contributed by atoms with van der Waals surface area (Å²) < 4.78 is 22.9. The van der Waals surface area contributed by atoms with Crippen LogP contribution in [0.1, 0.15) is 341 Å². The highest BCUT2D eigenvalue weighted by atomic mass is 16.7. The lowest BCUT2D eigenvalue weighted by atomic mass is 9.97. The van der Waals surface area contributed by atoms with Crippen molar-refractivity contribution in [3.8, 4) is 0 Å². The van der Waals surface area contributed by atoms with Crippen molar-refractivity contribution < 1.29 is 64.6 Å². The zero-order chi connectivity index (χ0) is 64.5. The van der Waals surface area contributed by atoms with Gasteiger partial charge in [0.15, 0.2) is 12.6 Å². The molecule has 0 aromatic heterocycles. The molecule has 2 aliphatic heterocycles.